The Morgan fingerprint density at radius 1 is 0.649 bits per heavy atom. The maximum Gasteiger partial charge on any atom is 0.214 e. The largest absolute Gasteiger partial charge is 0.365 e. The van der Waals surface area contributed by atoms with Gasteiger partial charge < -0.3 is 40.6 Å². The first-order valence-corrected chi connectivity index (χ1v) is 17.4. The van der Waals surface area contributed by atoms with Crippen molar-refractivity contribution in [3.05, 3.63) is 101 Å². The van der Waals surface area contributed by atoms with E-state index in [2.05, 4.69) is 82.1 Å². The second kappa shape index (κ2) is 15.6. The summed E-state index contributed by atoms with van der Waals surface area (Å²) in [6.07, 6.45) is 0. The topological polar surface area (TPSA) is 220 Å². The maximum atomic E-state index is 9.60. The van der Waals surface area contributed by atoms with E-state index in [1.807, 2.05) is 102 Å². The quantitative estimate of drug-likeness (QED) is 0.116. The van der Waals surface area contributed by atoms with Crippen molar-refractivity contribution in [3.8, 4) is 28.6 Å². The first-order valence-electron chi connectivity index (χ1n) is 17.4. The van der Waals surface area contributed by atoms with Gasteiger partial charge in [-0.1, -0.05) is 102 Å². The van der Waals surface area contributed by atoms with Gasteiger partial charge in [-0.2, -0.15) is 5.26 Å². The number of hydrogen-bond donors (Lipinski definition) is 0. The van der Waals surface area contributed by atoms with Crippen molar-refractivity contribution in [2.45, 2.75) is 66.2 Å². The van der Waals surface area contributed by atoms with Crippen molar-refractivity contribution < 1.29 is 16.8 Å². The van der Waals surface area contributed by atoms with E-state index >= 15 is 0 Å². The molecule has 0 aliphatic carbocycles. The van der Waals surface area contributed by atoms with Crippen molar-refractivity contribution >= 4 is 40.0 Å². The average molecular weight is 802 g/mol. The molecule has 18 nitrogen and oxygen atoms in total. The van der Waals surface area contributed by atoms with Crippen LogP contribution in [0.4, 0.5) is 28.7 Å². The van der Waals surface area contributed by atoms with E-state index in [4.69, 9.17) is 6.57 Å². The number of rotatable bonds is 6. The third-order valence-electron chi connectivity index (χ3n) is 8.27. The Kier molecular flexibility index (Phi) is 10.8. The van der Waals surface area contributed by atoms with E-state index in [9.17, 15) is 5.26 Å². The molecule has 57 heavy (non-hydrogen) atoms. The van der Waals surface area contributed by atoms with E-state index in [1.165, 1.54) is 9.26 Å². The van der Waals surface area contributed by atoms with Crippen molar-refractivity contribution in [1.29, 1.82) is 5.26 Å². The van der Waals surface area contributed by atoms with Gasteiger partial charge in [0.25, 0.3) is 0 Å². The monoisotopic (exact) mass is 801 g/mol. The molecule has 2 aromatic carbocycles. The first kappa shape index (κ1) is 39.6. The molecule has 0 unspecified atom stereocenters. The Bertz CT molecular complexity index is 2620. The number of hydrogen-bond acceptors (Lipinski definition) is 11. The third kappa shape index (κ3) is 7.87. The minimum atomic E-state index is -0.282. The molecule has 0 spiro atoms. The number of aromatic nitrogens is 12. The fourth-order valence-electron chi connectivity index (χ4n) is 5.66. The van der Waals surface area contributed by atoms with Crippen LogP contribution >= 0.6 is 0 Å². The van der Waals surface area contributed by atoms with Gasteiger partial charge in [-0.05, 0) is 42.7 Å². The fraction of sp³-hybridized carbons (Fsp3) is 0.263. The zero-order valence-electron chi connectivity index (χ0n) is 32.2. The van der Waals surface area contributed by atoms with E-state index in [0.717, 1.165) is 16.8 Å². The molecule has 19 heteroatoms. The van der Waals surface area contributed by atoms with Gasteiger partial charge in [0.1, 0.15) is 6.07 Å². The number of fused-ring (bicyclic) bond motifs is 2. The third-order valence-corrected chi connectivity index (χ3v) is 8.27. The summed E-state index contributed by atoms with van der Waals surface area (Å²) in [6.45, 7) is 23.3. The van der Waals surface area contributed by atoms with Crippen molar-refractivity contribution in [3.63, 3.8) is 0 Å². The van der Waals surface area contributed by atoms with Crippen LogP contribution in [0.1, 0.15) is 70.1 Å². The van der Waals surface area contributed by atoms with E-state index in [-0.39, 0.29) is 50.5 Å². The Labute approximate surface area is 337 Å². The van der Waals surface area contributed by atoms with Crippen molar-refractivity contribution in [2.24, 2.45) is 20.5 Å². The van der Waals surface area contributed by atoms with Crippen LogP contribution in [0.25, 0.3) is 38.7 Å². The first-order chi connectivity index (χ1) is 26.8. The molecule has 8 rings (SSSR count). The molecule has 0 fully saturated rings. The van der Waals surface area contributed by atoms with Gasteiger partial charge >= 0.3 is 0 Å². The minimum absolute atomic E-state index is 0. The molecule has 0 saturated heterocycles. The molecule has 0 aliphatic rings. The summed E-state index contributed by atoms with van der Waals surface area (Å²) < 4.78 is 2.92. The van der Waals surface area contributed by atoms with Crippen LogP contribution in [0.15, 0.2) is 81.1 Å². The molecular formula is C38H34CoN18-4. The Morgan fingerprint density at radius 3 is 1.54 bits per heavy atom. The summed E-state index contributed by atoms with van der Waals surface area (Å²) in [5.41, 5.74) is 6.08. The molecule has 289 valence electrons. The minimum Gasteiger partial charge on any atom is -0.365 e. The van der Waals surface area contributed by atoms with Crippen LogP contribution in [-0.2, 0) is 27.6 Å². The summed E-state index contributed by atoms with van der Waals surface area (Å²) in [7, 11) is 0. The summed E-state index contributed by atoms with van der Waals surface area (Å²) in [4.78, 5) is 12.4. The molecule has 0 aliphatic heterocycles. The van der Waals surface area contributed by atoms with Crippen LogP contribution in [0.5, 0.6) is 0 Å². The number of nitriles is 1. The van der Waals surface area contributed by atoms with Gasteiger partial charge in [-0.3, -0.25) is 29.7 Å². The Balaban J connectivity index is 0.000000189. The van der Waals surface area contributed by atoms with E-state index < -0.39 is 0 Å². The molecule has 0 amide bonds. The van der Waals surface area contributed by atoms with Gasteiger partial charge in [0.05, 0.1) is 57.6 Å². The Morgan fingerprint density at radius 2 is 1.09 bits per heavy atom. The average Bonchev–Trinajstić information content (AvgIpc) is 4.01. The smallest absolute Gasteiger partial charge is 0.214 e. The standard InChI is InChI=1S/2C19H17N9.Co/c1-11-21-18-15(16(19(2,3)4)27-28(18)26-11)23-25-17-14(20-5)13(22-24-17)12-9-7-6-8-10-12;1-11-21-18-15(16(19(2,3)4)27-28(18)26-11)23-25-17-13(10-20)14(22-24-17)12-8-6-5-7-9-12;/h6-10H,1-4H3;5-9H,1-4H3;/q2*-2;. The van der Waals surface area contributed by atoms with Gasteiger partial charge in [0.2, 0.25) is 5.69 Å². The van der Waals surface area contributed by atoms with Crippen LogP contribution in [0.2, 0.25) is 0 Å². The summed E-state index contributed by atoms with van der Waals surface area (Å²) in [5, 5.41) is 60.6. The summed E-state index contributed by atoms with van der Waals surface area (Å²) in [5.74, 6) is 1.53. The second-order valence-corrected chi connectivity index (χ2v) is 14.7. The van der Waals surface area contributed by atoms with Crippen LogP contribution in [0, 0.1) is 31.8 Å². The molecule has 0 saturated carbocycles. The summed E-state index contributed by atoms with van der Waals surface area (Å²) in [6, 6.07) is 20.9. The summed E-state index contributed by atoms with van der Waals surface area (Å²) >= 11 is 0. The van der Waals surface area contributed by atoms with Crippen LogP contribution < -0.4 is 20.2 Å². The van der Waals surface area contributed by atoms with E-state index in [1.54, 1.807) is 13.8 Å². The predicted octanol–water partition coefficient (Wildman–Crippen LogP) is 7.87. The molecular weight excluding hydrogens is 767 g/mol. The van der Waals surface area contributed by atoms with Gasteiger partial charge in [0, 0.05) is 33.2 Å². The predicted molar refractivity (Wildman–Crippen MR) is 205 cm³/mol. The number of azo groups is 2. The molecule has 6 heterocycles. The molecule has 6 aromatic heterocycles. The fourth-order valence-corrected chi connectivity index (χ4v) is 5.66. The SMILES string of the molecule is Cc1nn2nc(C(C)(C)C)c(N=Nc3[n-]nc(-c4ccccc4)c3C#N)c2[n-]1.[C-]#[N+]c1c(-c2ccccc2)n[n-]c1N=Nc1c(C(C)(C)C)nn2nc(C)[n-]c12.[Co]. The van der Waals surface area contributed by atoms with Crippen molar-refractivity contribution in [2.75, 3.05) is 0 Å². The van der Waals surface area contributed by atoms with Gasteiger partial charge in [-0.15, -0.1) is 0 Å². The number of aryl methyl sites for hydroxylation is 2. The Hall–Kier alpha value is -7.09. The molecule has 0 atom stereocenters. The van der Waals surface area contributed by atoms with Crippen LogP contribution in [0.3, 0.4) is 0 Å². The molecule has 0 N–H and O–H groups in total. The maximum absolute atomic E-state index is 9.60. The van der Waals surface area contributed by atoms with E-state index in [0.29, 0.717) is 51.4 Å². The van der Waals surface area contributed by atoms with Crippen molar-refractivity contribution in [1.82, 2.24) is 60.0 Å². The molecule has 1 radical (unpaired) electrons. The zero-order valence-corrected chi connectivity index (χ0v) is 33.2. The molecule has 0 bridgehead atoms. The zero-order chi connectivity index (χ0) is 39.8. The number of benzene rings is 2. The van der Waals surface area contributed by atoms with Gasteiger partial charge in [-0.25, -0.2) is 15.0 Å². The second-order valence-electron chi connectivity index (χ2n) is 14.7. The number of nitrogens with zero attached hydrogens (tertiary/aromatic N) is 18. The van der Waals surface area contributed by atoms with Crippen LogP contribution in [-0.4, -0.2) is 39.9 Å². The molecule has 8 aromatic rings. The normalized spacial score (nSPS) is 11.9. The van der Waals surface area contributed by atoms with Gasteiger partial charge in [0.15, 0.2) is 0 Å².